The van der Waals surface area contributed by atoms with Gasteiger partial charge in [-0.2, -0.15) is 0 Å². The van der Waals surface area contributed by atoms with E-state index in [1.807, 2.05) is 0 Å². The molecule has 0 aromatic carbocycles. The van der Waals surface area contributed by atoms with Gasteiger partial charge >= 0.3 is 0 Å². The quantitative estimate of drug-likeness (QED) is 0.715. The van der Waals surface area contributed by atoms with Crippen molar-refractivity contribution >= 4 is 0 Å². The van der Waals surface area contributed by atoms with E-state index in [0.29, 0.717) is 5.54 Å². The van der Waals surface area contributed by atoms with E-state index < -0.39 is 0 Å². The van der Waals surface area contributed by atoms with E-state index in [2.05, 4.69) is 24.1 Å². The second kappa shape index (κ2) is 5.71. The summed E-state index contributed by atoms with van der Waals surface area (Å²) in [5.41, 5.74) is 0.414. The standard InChI is InChI=1S/C16H30N2O/c1-3-19-10-4-9-18-11-15(13-5-6-13)17-12-16(18,2)14-7-8-14/h13-15,17H,3-12H2,1-2H3. The van der Waals surface area contributed by atoms with Gasteiger partial charge in [-0.25, -0.2) is 0 Å². The molecule has 3 heteroatoms. The Bertz CT molecular complexity index is 301. The summed E-state index contributed by atoms with van der Waals surface area (Å²) < 4.78 is 5.51. The molecule has 3 aliphatic rings. The number of piperazine rings is 1. The smallest absolute Gasteiger partial charge is 0.0478 e. The Balaban J connectivity index is 1.56. The van der Waals surface area contributed by atoms with Gasteiger partial charge in [0, 0.05) is 44.4 Å². The fourth-order valence-corrected chi connectivity index (χ4v) is 3.73. The fourth-order valence-electron chi connectivity index (χ4n) is 3.73. The minimum absolute atomic E-state index is 0.414. The summed E-state index contributed by atoms with van der Waals surface area (Å²) in [6.07, 6.45) is 6.96. The third-order valence-electron chi connectivity index (χ3n) is 5.43. The zero-order valence-corrected chi connectivity index (χ0v) is 12.7. The number of nitrogens with one attached hydrogen (secondary N) is 1. The molecule has 3 fully saturated rings. The van der Waals surface area contributed by atoms with Gasteiger partial charge < -0.3 is 10.1 Å². The SMILES string of the molecule is CCOCCCN1CC(C2CC2)NCC1(C)C1CC1. The summed E-state index contributed by atoms with van der Waals surface area (Å²) in [7, 11) is 0. The van der Waals surface area contributed by atoms with E-state index in [-0.39, 0.29) is 0 Å². The molecule has 0 bridgehead atoms. The van der Waals surface area contributed by atoms with Crippen LogP contribution >= 0.6 is 0 Å². The first-order valence-electron chi connectivity index (χ1n) is 8.30. The van der Waals surface area contributed by atoms with Gasteiger partial charge in [0.25, 0.3) is 0 Å². The largest absolute Gasteiger partial charge is 0.382 e. The van der Waals surface area contributed by atoms with Crippen LogP contribution in [-0.2, 0) is 4.74 Å². The Morgan fingerprint density at radius 3 is 2.68 bits per heavy atom. The third kappa shape index (κ3) is 3.14. The van der Waals surface area contributed by atoms with Crippen molar-refractivity contribution in [1.29, 1.82) is 0 Å². The molecule has 0 amide bonds. The molecule has 2 atom stereocenters. The average Bonchev–Trinajstić information content (AvgIpc) is 3.29. The maximum Gasteiger partial charge on any atom is 0.0478 e. The lowest BCUT2D eigenvalue weighted by Gasteiger charge is -2.49. The monoisotopic (exact) mass is 266 g/mol. The zero-order chi connectivity index (χ0) is 13.3. The lowest BCUT2D eigenvalue weighted by molar-refractivity contribution is 0.0217. The molecule has 0 aromatic heterocycles. The Morgan fingerprint density at radius 1 is 1.26 bits per heavy atom. The van der Waals surface area contributed by atoms with E-state index in [1.165, 1.54) is 51.7 Å². The number of rotatable bonds is 7. The van der Waals surface area contributed by atoms with Crippen LogP contribution in [0.2, 0.25) is 0 Å². The van der Waals surface area contributed by atoms with Gasteiger partial charge in [-0.1, -0.05) is 0 Å². The summed E-state index contributed by atoms with van der Waals surface area (Å²) in [4.78, 5) is 2.79. The first-order valence-corrected chi connectivity index (χ1v) is 8.30. The highest BCUT2D eigenvalue weighted by Gasteiger charge is 2.49. The lowest BCUT2D eigenvalue weighted by Crippen LogP contribution is -2.65. The van der Waals surface area contributed by atoms with Crippen molar-refractivity contribution in [2.24, 2.45) is 11.8 Å². The number of nitrogens with zero attached hydrogens (tertiary/aromatic N) is 1. The molecule has 110 valence electrons. The fraction of sp³-hybridized carbons (Fsp3) is 1.00. The Labute approximate surface area is 118 Å². The molecule has 0 radical (unpaired) electrons. The molecule has 1 heterocycles. The van der Waals surface area contributed by atoms with Crippen LogP contribution in [0.3, 0.4) is 0 Å². The van der Waals surface area contributed by atoms with Crippen molar-refractivity contribution in [3.8, 4) is 0 Å². The molecule has 3 nitrogen and oxygen atoms in total. The minimum Gasteiger partial charge on any atom is -0.382 e. The highest BCUT2D eigenvalue weighted by Crippen LogP contribution is 2.45. The van der Waals surface area contributed by atoms with Crippen LogP contribution in [0.1, 0.15) is 46.0 Å². The first kappa shape index (κ1) is 13.8. The Kier molecular flexibility index (Phi) is 4.16. The second-order valence-corrected chi connectivity index (χ2v) is 6.95. The van der Waals surface area contributed by atoms with Gasteiger partial charge in [-0.3, -0.25) is 4.90 Å². The molecule has 2 unspecified atom stereocenters. The van der Waals surface area contributed by atoms with Gasteiger partial charge in [0.05, 0.1) is 0 Å². The van der Waals surface area contributed by atoms with Crippen molar-refractivity contribution in [3.63, 3.8) is 0 Å². The number of hydrogen-bond acceptors (Lipinski definition) is 3. The summed E-state index contributed by atoms with van der Waals surface area (Å²) in [5, 5.41) is 3.85. The second-order valence-electron chi connectivity index (χ2n) is 6.95. The van der Waals surface area contributed by atoms with Crippen molar-refractivity contribution in [2.45, 2.75) is 57.5 Å². The van der Waals surface area contributed by atoms with Gasteiger partial charge in [0.2, 0.25) is 0 Å². The van der Waals surface area contributed by atoms with Gasteiger partial charge in [0.15, 0.2) is 0 Å². The van der Waals surface area contributed by atoms with Crippen LogP contribution in [0.25, 0.3) is 0 Å². The maximum atomic E-state index is 5.51. The van der Waals surface area contributed by atoms with Crippen LogP contribution in [-0.4, -0.2) is 49.3 Å². The summed E-state index contributed by atoms with van der Waals surface area (Å²) in [6.45, 7) is 10.0. The maximum absolute atomic E-state index is 5.51. The van der Waals surface area contributed by atoms with Crippen LogP contribution < -0.4 is 5.32 Å². The number of hydrogen-bond donors (Lipinski definition) is 1. The van der Waals surface area contributed by atoms with E-state index in [1.54, 1.807) is 0 Å². The molecule has 2 saturated carbocycles. The zero-order valence-electron chi connectivity index (χ0n) is 12.7. The van der Waals surface area contributed by atoms with Gasteiger partial charge in [-0.15, -0.1) is 0 Å². The summed E-state index contributed by atoms with van der Waals surface area (Å²) in [5.74, 6) is 1.91. The predicted octanol–water partition coefficient (Wildman–Crippen LogP) is 2.27. The number of ether oxygens (including phenoxy) is 1. The van der Waals surface area contributed by atoms with Crippen molar-refractivity contribution in [1.82, 2.24) is 10.2 Å². The molecule has 3 rings (SSSR count). The molecule has 1 aliphatic heterocycles. The van der Waals surface area contributed by atoms with E-state index >= 15 is 0 Å². The highest BCUT2D eigenvalue weighted by atomic mass is 16.5. The Hall–Kier alpha value is -0.120. The Morgan fingerprint density at radius 2 is 2.05 bits per heavy atom. The molecule has 19 heavy (non-hydrogen) atoms. The van der Waals surface area contributed by atoms with E-state index in [4.69, 9.17) is 4.74 Å². The summed E-state index contributed by atoms with van der Waals surface area (Å²) in [6, 6.07) is 0.763. The van der Waals surface area contributed by atoms with Gasteiger partial charge in [0.1, 0.15) is 0 Å². The molecule has 0 spiro atoms. The summed E-state index contributed by atoms with van der Waals surface area (Å²) >= 11 is 0. The van der Waals surface area contributed by atoms with E-state index in [9.17, 15) is 0 Å². The molecule has 0 aromatic rings. The average molecular weight is 266 g/mol. The normalized spacial score (nSPS) is 36.6. The van der Waals surface area contributed by atoms with Gasteiger partial charge in [-0.05, 0) is 57.8 Å². The van der Waals surface area contributed by atoms with Crippen LogP contribution in [0.5, 0.6) is 0 Å². The van der Waals surface area contributed by atoms with Crippen LogP contribution in [0, 0.1) is 11.8 Å². The molecular weight excluding hydrogens is 236 g/mol. The van der Waals surface area contributed by atoms with Crippen LogP contribution in [0.15, 0.2) is 0 Å². The van der Waals surface area contributed by atoms with E-state index in [0.717, 1.165) is 31.1 Å². The molecule has 1 saturated heterocycles. The van der Waals surface area contributed by atoms with Crippen molar-refractivity contribution < 1.29 is 4.74 Å². The first-order chi connectivity index (χ1) is 9.24. The third-order valence-corrected chi connectivity index (χ3v) is 5.43. The lowest BCUT2D eigenvalue weighted by atomic mass is 9.88. The topological polar surface area (TPSA) is 24.5 Å². The minimum atomic E-state index is 0.414. The molecular formula is C16H30N2O. The highest BCUT2D eigenvalue weighted by molar-refractivity contribution is 5.06. The predicted molar refractivity (Wildman–Crippen MR) is 78.3 cm³/mol. The van der Waals surface area contributed by atoms with Crippen molar-refractivity contribution in [2.75, 3.05) is 32.8 Å². The van der Waals surface area contributed by atoms with Crippen molar-refractivity contribution in [3.05, 3.63) is 0 Å². The van der Waals surface area contributed by atoms with Crippen LogP contribution in [0.4, 0.5) is 0 Å². The molecule has 2 aliphatic carbocycles. The molecule has 1 N–H and O–H groups in total.